The second-order valence-electron chi connectivity index (χ2n) is 6.82. The summed E-state index contributed by atoms with van der Waals surface area (Å²) in [4.78, 5) is 16.8. The fourth-order valence-corrected chi connectivity index (χ4v) is 3.47. The van der Waals surface area contributed by atoms with Crippen molar-refractivity contribution in [3.05, 3.63) is 42.2 Å². The average molecular weight is 353 g/mol. The predicted octanol–water partition coefficient (Wildman–Crippen LogP) is 4.01. The highest BCUT2D eigenvalue weighted by atomic mass is 16.7. The molecule has 1 aromatic carbocycles. The van der Waals surface area contributed by atoms with Gasteiger partial charge in [-0.05, 0) is 31.0 Å². The number of pyridine rings is 1. The second kappa shape index (κ2) is 7.64. The van der Waals surface area contributed by atoms with Crippen molar-refractivity contribution in [2.45, 2.75) is 44.6 Å². The number of hydrogen-bond donors (Lipinski definition) is 2. The molecule has 0 atom stereocenters. The Morgan fingerprint density at radius 2 is 1.77 bits per heavy atom. The fraction of sp³-hybridized carbons (Fsp3) is 0.400. The third-order valence-corrected chi connectivity index (χ3v) is 4.85. The first-order valence-corrected chi connectivity index (χ1v) is 9.20. The van der Waals surface area contributed by atoms with E-state index in [1.807, 2.05) is 24.3 Å². The van der Waals surface area contributed by atoms with Crippen LogP contribution in [0, 0.1) is 0 Å². The Morgan fingerprint density at radius 3 is 2.62 bits per heavy atom. The van der Waals surface area contributed by atoms with E-state index in [0.717, 1.165) is 30.0 Å². The summed E-state index contributed by atoms with van der Waals surface area (Å²) in [5.41, 5.74) is 2.19. The number of benzene rings is 1. The Kier molecular flexibility index (Phi) is 4.91. The van der Waals surface area contributed by atoms with Crippen molar-refractivity contribution < 1.29 is 14.3 Å². The number of nitrogens with zero attached hydrogens (tertiary/aromatic N) is 1. The minimum atomic E-state index is -0.0567. The number of carbonyl (C=O) groups excluding carboxylic acids is 1. The van der Waals surface area contributed by atoms with Gasteiger partial charge in [0.1, 0.15) is 0 Å². The van der Waals surface area contributed by atoms with Crippen molar-refractivity contribution in [3.8, 4) is 11.5 Å². The lowest BCUT2D eigenvalue weighted by Gasteiger charge is -2.16. The van der Waals surface area contributed by atoms with E-state index < -0.39 is 0 Å². The number of rotatable bonds is 4. The molecule has 0 bridgehead atoms. The zero-order valence-corrected chi connectivity index (χ0v) is 14.7. The largest absolute Gasteiger partial charge is 0.454 e. The van der Waals surface area contributed by atoms with Crippen LogP contribution in [-0.2, 0) is 0 Å². The van der Waals surface area contributed by atoms with Crippen molar-refractivity contribution in [1.82, 2.24) is 10.3 Å². The van der Waals surface area contributed by atoms with Gasteiger partial charge in [0.2, 0.25) is 6.79 Å². The zero-order valence-electron chi connectivity index (χ0n) is 14.7. The van der Waals surface area contributed by atoms with E-state index in [1.54, 1.807) is 12.4 Å². The summed E-state index contributed by atoms with van der Waals surface area (Å²) in [6.45, 7) is 0.247. The molecule has 0 radical (unpaired) electrons. The summed E-state index contributed by atoms with van der Waals surface area (Å²) in [6, 6.07) is 7.74. The van der Waals surface area contributed by atoms with E-state index in [4.69, 9.17) is 9.47 Å². The molecule has 0 unspecified atom stereocenters. The van der Waals surface area contributed by atoms with E-state index in [1.165, 1.54) is 25.7 Å². The Balaban J connectivity index is 1.43. The van der Waals surface area contributed by atoms with E-state index in [-0.39, 0.29) is 18.7 Å². The molecule has 4 rings (SSSR count). The predicted molar refractivity (Wildman–Crippen MR) is 99.0 cm³/mol. The Labute approximate surface area is 152 Å². The number of aromatic nitrogens is 1. The monoisotopic (exact) mass is 353 g/mol. The molecule has 1 fully saturated rings. The fourth-order valence-electron chi connectivity index (χ4n) is 3.47. The number of nitrogens with one attached hydrogen (secondary N) is 2. The molecular formula is C20H23N3O3. The van der Waals surface area contributed by atoms with Gasteiger partial charge in [-0.3, -0.25) is 9.78 Å². The first-order chi connectivity index (χ1) is 12.8. The molecule has 1 aromatic heterocycles. The van der Waals surface area contributed by atoms with Crippen LogP contribution in [0.1, 0.15) is 48.9 Å². The molecule has 0 saturated heterocycles. The van der Waals surface area contributed by atoms with Crippen molar-refractivity contribution in [3.63, 3.8) is 0 Å². The Hall–Kier alpha value is -2.76. The molecular weight excluding hydrogens is 330 g/mol. The van der Waals surface area contributed by atoms with Crippen LogP contribution in [0.3, 0.4) is 0 Å². The van der Waals surface area contributed by atoms with E-state index in [2.05, 4.69) is 15.6 Å². The summed E-state index contributed by atoms with van der Waals surface area (Å²) in [6.07, 6.45) is 10.3. The number of ether oxygens (including phenoxy) is 2. The highest BCUT2D eigenvalue weighted by Crippen LogP contribution is 2.35. The molecule has 1 saturated carbocycles. The lowest BCUT2D eigenvalue weighted by atomic mass is 10.1. The van der Waals surface area contributed by atoms with Crippen LogP contribution < -0.4 is 20.1 Å². The summed E-state index contributed by atoms with van der Waals surface area (Å²) >= 11 is 0. The summed E-state index contributed by atoms with van der Waals surface area (Å²) in [5, 5.41) is 6.42. The van der Waals surface area contributed by atoms with Crippen molar-refractivity contribution in [2.24, 2.45) is 0 Å². The third-order valence-electron chi connectivity index (χ3n) is 4.85. The van der Waals surface area contributed by atoms with E-state index in [0.29, 0.717) is 11.3 Å². The molecule has 1 aliphatic heterocycles. The quantitative estimate of drug-likeness (QED) is 0.813. The first-order valence-electron chi connectivity index (χ1n) is 9.20. The number of carbonyl (C=O) groups is 1. The molecule has 2 heterocycles. The van der Waals surface area contributed by atoms with Crippen molar-refractivity contribution in [2.75, 3.05) is 12.1 Å². The molecule has 2 aromatic rings. The maximum Gasteiger partial charge on any atom is 0.253 e. The third kappa shape index (κ3) is 3.90. The van der Waals surface area contributed by atoms with E-state index in [9.17, 15) is 4.79 Å². The van der Waals surface area contributed by atoms with Crippen LogP contribution in [0.4, 0.5) is 11.4 Å². The molecule has 0 spiro atoms. The van der Waals surface area contributed by atoms with Crippen molar-refractivity contribution in [1.29, 1.82) is 0 Å². The molecule has 6 heteroatoms. The topological polar surface area (TPSA) is 72.5 Å². The van der Waals surface area contributed by atoms with Gasteiger partial charge in [0, 0.05) is 24.0 Å². The minimum absolute atomic E-state index is 0.0567. The zero-order chi connectivity index (χ0) is 17.8. The van der Waals surface area contributed by atoms with Gasteiger partial charge in [-0.2, -0.15) is 0 Å². The number of amides is 1. The molecule has 26 heavy (non-hydrogen) atoms. The van der Waals surface area contributed by atoms with Crippen LogP contribution in [0.25, 0.3) is 0 Å². The molecule has 136 valence electrons. The number of fused-ring (bicyclic) bond motifs is 1. The van der Waals surface area contributed by atoms with Crippen LogP contribution in [-0.4, -0.2) is 23.7 Å². The Bertz CT molecular complexity index is 786. The van der Waals surface area contributed by atoms with Gasteiger partial charge in [-0.1, -0.05) is 25.7 Å². The van der Waals surface area contributed by atoms with Gasteiger partial charge >= 0.3 is 0 Å². The molecule has 1 aliphatic carbocycles. The normalized spacial score (nSPS) is 16.8. The van der Waals surface area contributed by atoms with E-state index >= 15 is 0 Å². The summed E-state index contributed by atoms with van der Waals surface area (Å²) in [7, 11) is 0. The molecule has 1 amide bonds. The standard InChI is InChI=1S/C20H23N3O3/c24-20(23-15-5-3-1-2-4-6-15)14-9-17(12-21-11-14)22-16-7-8-18-19(10-16)26-13-25-18/h7-12,15,22H,1-6,13H2,(H,23,24). The van der Waals surface area contributed by atoms with Gasteiger partial charge < -0.3 is 20.1 Å². The number of hydrogen-bond acceptors (Lipinski definition) is 5. The average Bonchev–Trinajstić information content (AvgIpc) is 2.97. The van der Waals surface area contributed by atoms with Gasteiger partial charge in [0.25, 0.3) is 5.91 Å². The highest BCUT2D eigenvalue weighted by molar-refractivity contribution is 5.95. The van der Waals surface area contributed by atoms with Crippen LogP contribution in [0.15, 0.2) is 36.7 Å². The van der Waals surface area contributed by atoms with Crippen LogP contribution >= 0.6 is 0 Å². The van der Waals surface area contributed by atoms with Gasteiger partial charge in [-0.25, -0.2) is 0 Å². The summed E-state index contributed by atoms with van der Waals surface area (Å²) < 4.78 is 10.7. The highest BCUT2D eigenvalue weighted by Gasteiger charge is 2.17. The van der Waals surface area contributed by atoms with Gasteiger partial charge in [0.15, 0.2) is 11.5 Å². The van der Waals surface area contributed by atoms with Crippen LogP contribution in [0.2, 0.25) is 0 Å². The Morgan fingerprint density at radius 1 is 0.962 bits per heavy atom. The summed E-state index contributed by atoms with van der Waals surface area (Å²) in [5.74, 6) is 1.40. The van der Waals surface area contributed by atoms with Crippen molar-refractivity contribution >= 4 is 17.3 Å². The lowest BCUT2D eigenvalue weighted by Crippen LogP contribution is -2.34. The first kappa shape index (κ1) is 16.7. The van der Waals surface area contributed by atoms with Gasteiger partial charge in [-0.15, -0.1) is 0 Å². The molecule has 6 nitrogen and oxygen atoms in total. The minimum Gasteiger partial charge on any atom is -0.454 e. The lowest BCUT2D eigenvalue weighted by molar-refractivity contribution is 0.0933. The number of anilines is 2. The van der Waals surface area contributed by atoms with Gasteiger partial charge in [0.05, 0.1) is 17.4 Å². The maximum absolute atomic E-state index is 12.6. The molecule has 2 aliphatic rings. The maximum atomic E-state index is 12.6. The van der Waals surface area contributed by atoms with Crippen LogP contribution in [0.5, 0.6) is 11.5 Å². The second-order valence-corrected chi connectivity index (χ2v) is 6.82. The SMILES string of the molecule is O=C(NC1CCCCCC1)c1cncc(Nc2ccc3c(c2)OCO3)c1. The smallest absolute Gasteiger partial charge is 0.253 e. The molecule has 2 N–H and O–H groups in total.